The fourth-order valence-electron chi connectivity index (χ4n) is 4.40. The molecule has 0 bridgehead atoms. The number of aromatic nitrogens is 2. The van der Waals surface area contributed by atoms with Gasteiger partial charge >= 0.3 is 0 Å². The Morgan fingerprint density at radius 3 is 2.26 bits per heavy atom. The van der Waals surface area contributed by atoms with Crippen LogP contribution in [0.15, 0.2) is 47.8 Å². The molecule has 1 aromatic carbocycles. The first kappa shape index (κ1) is 24.1. The number of amides is 2. The Hall–Kier alpha value is -3.05. The summed E-state index contributed by atoms with van der Waals surface area (Å²) in [7, 11) is -3.58. The topological polar surface area (TPSA) is 125 Å². The standard InChI is InChI=1S/C23H30N6O4S/c1-17-4-6-20(7-5-17)34(32,33)29-13-8-18(9-14-29)22(30)26-27-23(31)19-3-2-12-28(16-19)21-15-24-10-11-25-21/h4-7,10-11,15,18-19H,2-3,8-9,12-14,16H2,1H3,(H,26,30)(H,27,31). The van der Waals surface area contributed by atoms with Crippen molar-refractivity contribution in [2.24, 2.45) is 11.8 Å². The summed E-state index contributed by atoms with van der Waals surface area (Å²) in [5, 5.41) is 0. The molecule has 1 aromatic heterocycles. The van der Waals surface area contributed by atoms with Crippen LogP contribution in [0, 0.1) is 18.8 Å². The number of sulfonamides is 1. The Kier molecular flexibility index (Phi) is 7.42. The fourth-order valence-corrected chi connectivity index (χ4v) is 5.87. The van der Waals surface area contributed by atoms with Crippen molar-refractivity contribution in [3.63, 3.8) is 0 Å². The van der Waals surface area contributed by atoms with E-state index in [4.69, 9.17) is 0 Å². The van der Waals surface area contributed by atoms with Crippen molar-refractivity contribution in [1.29, 1.82) is 0 Å². The Bertz CT molecular complexity index is 1100. The third-order valence-corrected chi connectivity index (χ3v) is 8.37. The molecule has 0 aliphatic carbocycles. The van der Waals surface area contributed by atoms with Gasteiger partial charge in [0, 0.05) is 44.5 Å². The molecule has 2 fully saturated rings. The predicted molar refractivity (Wildman–Crippen MR) is 126 cm³/mol. The molecule has 11 heteroatoms. The van der Waals surface area contributed by atoms with E-state index in [9.17, 15) is 18.0 Å². The van der Waals surface area contributed by atoms with Crippen molar-refractivity contribution >= 4 is 27.7 Å². The van der Waals surface area contributed by atoms with Crippen LogP contribution in [-0.4, -0.2) is 60.7 Å². The van der Waals surface area contributed by atoms with Gasteiger partial charge in [-0.2, -0.15) is 4.31 Å². The van der Waals surface area contributed by atoms with Crippen LogP contribution >= 0.6 is 0 Å². The lowest BCUT2D eigenvalue weighted by atomic mass is 9.97. The van der Waals surface area contributed by atoms with Gasteiger partial charge in [-0.05, 0) is 44.7 Å². The SMILES string of the molecule is Cc1ccc(S(=O)(=O)N2CCC(C(=O)NNC(=O)C3CCCN(c4cnccn4)C3)CC2)cc1. The van der Waals surface area contributed by atoms with Crippen LogP contribution < -0.4 is 15.8 Å². The van der Waals surface area contributed by atoms with E-state index in [1.807, 2.05) is 11.8 Å². The van der Waals surface area contributed by atoms with Gasteiger partial charge in [-0.3, -0.25) is 25.4 Å². The number of hydrogen-bond donors (Lipinski definition) is 2. The number of anilines is 1. The Balaban J connectivity index is 1.25. The first-order valence-electron chi connectivity index (χ1n) is 11.5. The van der Waals surface area contributed by atoms with Gasteiger partial charge in [0.05, 0.1) is 17.0 Å². The molecule has 1 atom stereocenters. The van der Waals surface area contributed by atoms with E-state index < -0.39 is 10.0 Å². The lowest BCUT2D eigenvalue weighted by Gasteiger charge is -2.33. The first-order chi connectivity index (χ1) is 16.3. The summed E-state index contributed by atoms with van der Waals surface area (Å²) in [5.41, 5.74) is 6.10. The van der Waals surface area contributed by atoms with Gasteiger partial charge in [0.2, 0.25) is 21.8 Å². The normalized spacial score (nSPS) is 20.0. The number of carbonyl (C=O) groups excluding carboxylic acids is 2. The highest BCUT2D eigenvalue weighted by atomic mass is 32.2. The summed E-state index contributed by atoms with van der Waals surface area (Å²) in [6, 6.07) is 6.76. The molecule has 0 saturated carbocycles. The number of carbonyl (C=O) groups is 2. The van der Waals surface area contributed by atoms with Gasteiger partial charge in [-0.1, -0.05) is 17.7 Å². The zero-order chi connectivity index (χ0) is 24.1. The maximum Gasteiger partial charge on any atom is 0.243 e. The Morgan fingerprint density at radius 2 is 1.62 bits per heavy atom. The number of hydrazine groups is 1. The molecule has 2 aliphatic heterocycles. The molecule has 2 saturated heterocycles. The zero-order valence-electron chi connectivity index (χ0n) is 19.2. The third-order valence-electron chi connectivity index (χ3n) is 6.46. The molecule has 4 rings (SSSR count). The lowest BCUT2D eigenvalue weighted by molar-refractivity contribution is -0.133. The summed E-state index contributed by atoms with van der Waals surface area (Å²) >= 11 is 0. The highest BCUT2D eigenvalue weighted by Crippen LogP contribution is 2.24. The van der Waals surface area contributed by atoms with E-state index in [-0.39, 0.29) is 41.6 Å². The van der Waals surface area contributed by atoms with E-state index >= 15 is 0 Å². The van der Waals surface area contributed by atoms with Gasteiger partial charge in [-0.15, -0.1) is 0 Å². The molecule has 0 radical (unpaired) electrons. The molecular weight excluding hydrogens is 456 g/mol. The summed E-state index contributed by atoms with van der Waals surface area (Å²) in [6.07, 6.45) is 7.28. The summed E-state index contributed by atoms with van der Waals surface area (Å²) < 4.78 is 27.1. The van der Waals surface area contributed by atoms with Crippen molar-refractivity contribution in [2.75, 3.05) is 31.1 Å². The van der Waals surface area contributed by atoms with Crippen LogP contribution in [0.1, 0.15) is 31.2 Å². The number of aryl methyl sites for hydroxylation is 1. The number of rotatable bonds is 5. The molecular formula is C23H30N6O4S. The maximum atomic E-state index is 12.9. The van der Waals surface area contributed by atoms with Crippen LogP contribution in [0.5, 0.6) is 0 Å². The van der Waals surface area contributed by atoms with E-state index in [0.717, 1.165) is 30.8 Å². The lowest BCUT2D eigenvalue weighted by Crippen LogP contribution is -2.51. The number of hydrogen-bond acceptors (Lipinski definition) is 7. The highest BCUT2D eigenvalue weighted by Gasteiger charge is 2.33. The number of piperidine rings is 2. The first-order valence-corrected chi connectivity index (χ1v) is 13.0. The molecule has 2 aliphatic rings. The van der Waals surface area contributed by atoms with Crippen molar-refractivity contribution in [3.05, 3.63) is 48.4 Å². The van der Waals surface area contributed by atoms with E-state index in [1.165, 1.54) is 4.31 Å². The van der Waals surface area contributed by atoms with Gasteiger partial charge in [0.1, 0.15) is 5.82 Å². The van der Waals surface area contributed by atoms with Crippen LogP contribution in [0.2, 0.25) is 0 Å². The van der Waals surface area contributed by atoms with Crippen LogP contribution in [-0.2, 0) is 19.6 Å². The zero-order valence-corrected chi connectivity index (χ0v) is 20.0. The Morgan fingerprint density at radius 1 is 0.941 bits per heavy atom. The maximum absolute atomic E-state index is 12.9. The van der Waals surface area contributed by atoms with E-state index in [0.29, 0.717) is 19.4 Å². The van der Waals surface area contributed by atoms with Crippen molar-refractivity contribution in [1.82, 2.24) is 25.1 Å². The van der Waals surface area contributed by atoms with Crippen molar-refractivity contribution < 1.29 is 18.0 Å². The smallest absolute Gasteiger partial charge is 0.243 e. The number of benzene rings is 1. The van der Waals surface area contributed by atoms with E-state index in [1.54, 1.807) is 42.9 Å². The Labute approximate surface area is 199 Å². The number of nitrogens with zero attached hydrogens (tertiary/aromatic N) is 4. The van der Waals surface area contributed by atoms with Crippen LogP contribution in [0.3, 0.4) is 0 Å². The highest BCUT2D eigenvalue weighted by molar-refractivity contribution is 7.89. The minimum Gasteiger partial charge on any atom is -0.355 e. The summed E-state index contributed by atoms with van der Waals surface area (Å²) in [6.45, 7) is 3.74. The second-order valence-corrected chi connectivity index (χ2v) is 10.8. The fraction of sp³-hybridized carbons (Fsp3) is 0.478. The summed E-state index contributed by atoms with van der Waals surface area (Å²) in [4.78, 5) is 35.9. The third kappa shape index (κ3) is 5.53. The van der Waals surface area contributed by atoms with Crippen LogP contribution in [0.25, 0.3) is 0 Å². The van der Waals surface area contributed by atoms with Gasteiger partial charge in [0.15, 0.2) is 0 Å². The average molecular weight is 487 g/mol. The monoisotopic (exact) mass is 486 g/mol. The molecule has 1 unspecified atom stereocenters. The van der Waals surface area contributed by atoms with Gasteiger partial charge in [0.25, 0.3) is 0 Å². The molecule has 10 nitrogen and oxygen atoms in total. The molecule has 2 amide bonds. The second kappa shape index (κ2) is 10.5. The molecule has 3 heterocycles. The van der Waals surface area contributed by atoms with Crippen molar-refractivity contribution in [2.45, 2.75) is 37.5 Å². The molecule has 0 spiro atoms. The van der Waals surface area contributed by atoms with Crippen molar-refractivity contribution in [3.8, 4) is 0 Å². The minimum absolute atomic E-state index is 0.235. The molecule has 2 N–H and O–H groups in total. The predicted octanol–water partition coefficient (Wildman–Crippen LogP) is 1.25. The molecule has 2 aromatic rings. The minimum atomic E-state index is -3.58. The molecule has 34 heavy (non-hydrogen) atoms. The summed E-state index contributed by atoms with van der Waals surface area (Å²) in [5.74, 6) is -0.412. The number of nitrogens with one attached hydrogen (secondary N) is 2. The average Bonchev–Trinajstić information content (AvgIpc) is 2.88. The van der Waals surface area contributed by atoms with E-state index in [2.05, 4.69) is 20.8 Å². The van der Waals surface area contributed by atoms with Gasteiger partial charge in [-0.25, -0.2) is 13.4 Å². The largest absolute Gasteiger partial charge is 0.355 e. The second-order valence-electron chi connectivity index (χ2n) is 8.82. The quantitative estimate of drug-likeness (QED) is 0.610. The van der Waals surface area contributed by atoms with Crippen LogP contribution in [0.4, 0.5) is 5.82 Å². The molecule has 182 valence electrons. The van der Waals surface area contributed by atoms with Gasteiger partial charge < -0.3 is 4.90 Å².